The maximum atomic E-state index is 5.84. The van der Waals surface area contributed by atoms with Crippen molar-refractivity contribution >= 4 is 0 Å². The van der Waals surface area contributed by atoms with Crippen molar-refractivity contribution in [3.05, 3.63) is 24.5 Å². The highest BCUT2D eigenvalue weighted by molar-refractivity contribution is 5.15. The van der Waals surface area contributed by atoms with Gasteiger partial charge in [-0.05, 0) is 18.6 Å². The maximum Gasteiger partial charge on any atom is 0.137 e. The molecule has 0 amide bonds. The zero-order chi connectivity index (χ0) is 15.6. The number of ether oxygens (including phenoxy) is 4. The van der Waals surface area contributed by atoms with Crippen molar-refractivity contribution < 1.29 is 18.9 Å². The molecule has 22 heavy (non-hydrogen) atoms. The van der Waals surface area contributed by atoms with Gasteiger partial charge in [-0.3, -0.25) is 9.88 Å². The molecule has 0 spiro atoms. The second kappa shape index (κ2) is 9.74. The van der Waals surface area contributed by atoms with Crippen molar-refractivity contribution in [3.63, 3.8) is 0 Å². The average molecular weight is 310 g/mol. The van der Waals surface area contributed by atoms with Crippen molar-refractivity contribution in [1.29, 1.82) is 0 Å². The third-order valence-corrected chi connectivity index (χ3v) is 3.85. The van der Waals surface area contributed by atoms with Crippen LogP contribution >= 0.6 is 0 Å². The highest BCUT2D eigenvalue weighted by Gasteiger charge is 2.32. The van der Waals surface area contributed by atoms with Crippen LogP contribution in [0.5, 0.6) is 5.75 Å². The lowest BCUT2D eigenvalue weighted by Crippen LogP contribution is -2.37. The molecule has 1 aromatic rings. The van der Waals surface area contributed by atoms with E-state index >= 15 is 0 Å². The molecule has 6 nitrogen and oxygen atoms in total. The molecule has 0 N–H and O–H groups in total. The van der Waals surface area contributed by atoms with E-state index in [1.54, 1.807) is 26.6 Å². The van der Waals surface area contributed by atoms with E-state index in [9.17, 15) is 0 Å². The highest BCUT2D eigenvalue weighted by atomic mass is 16.5. The summed E-state index contributed by atoms with van der Waals surface area (Å²) in [7, 11) is 3.45. The molecule has 2 rings (SSSR count). The Kier molecular flexibility index (Phi) is 7.59. The minimum Gasteiger partial charge on any atom is -0.490 e. The van der Waals surface area contributed by atoms with Gasteiger partial charge in [0.15, 0.2) is 0 Å². The maximum absolute atomic E-state index is 5.84. The van der Waals surface area contributed by atoms with Crippen LogP contribution in [0.15, 0.2) is 24.5 Å². The van der Waals surface area contributed by atoms with E-state index < -0.39 is 0 Å². The topological polar surface area (TPSA) is 53.1 Å². The van der Waals surface area contributed by atoms with Crippen LogP contribution in [-0.4, -0.2) is 75.8 Å². The fraction of sp³-hybridized carbons (Fsp3) is 0.688. The third-order valence-electron chi connectivity index (χ3n) is 3.85. The predicted molar refractivity (Wildman–Crippen MR) is 83.2 cm³/mol. The van der Waals surface area contributed by atoms with E-state index in [1.807, 2.05) is 12.1 Å². The first-order valence-corrected chi connectivity index (χ1v) is 7.70. The molecule has 0 unspecified atom stereocenters. The lowest BCUT2D eigenvalue weighted by Gasteiger charge is -2.24. The smallest absolute Gasteiger partial charge is 0.137 e. The number of pyridine rings is 1. The summed E-state index contributed by atoms with van der Waals surface area (Å²) >= 11 is 0. The Bertz CT molecular complexity index is 404. The molecule has 0 aromatic carbocycles. The lowest BCUT2D eigenvalue weighted by molar-refractivity contribution is 0.0486. The van der Waals surface area contributed by atoms with Gasteiger partial charge in [0.2, 0.25) is 0 Å². The fourth-order valence-corrected chi connectivity index (χ4v) is 2.61. The number of hydrogen-bond donors (Lipinski definition) is 0. The number of nitrogens with zero attached hydrogens (tertiary/aromatic N) is 2. The van der Waals surface area contributed by atoms with Crippen molar-refractivity contribution in [3.8, 4) is 5.75 Å². The van der Waals surface area contributed by atoms with Gasteiger partial charge < -0.3 is 18.9 Å². The van der Waals surface area contributed by atoms with E-state index in [2.05, 4.69) is 9.88 Å². The molecule has 1 saturated heterocycles. The van der Waals surface area contributed by atoms with Crippen LogP contribution in [0.1, 0.15) is 6.42 Å². The zero-order valence-corrected chi connectivity index (χ0v) is 13.4. The molecule has 1 aliphatic heterocycles. The van der Waals surface area contributed by atoms with Gasteiger partial charge in [0.25, 0.3) is 0 Å². The van der Waals surface area contributed by atoms with Crippen molar-refractivity contribution in [2.45, 2.75) is 18.6 Å². The molecule has 0 saturated carbocycles. The molecule has 1 aliphatic rings. The van der Waals surface area contributed by atoms with Gasteiger partial charge in [-0.2, -0.15) is 0 Å². The summed E-state index contributed by atoms with van der Waals surface area (Å²) in [4.78, 5) is 6.44. The van der Waals surface area contributed by atoms with Crippen molar-refractivity contribution in [1.82, 2.24) is 9.88 Å². The summed E-state index contributed by atoms with van der Waals surface area (Å²) in [5.41, 5.74) is 0. The Labute approximate surface area is 132 Å². The molecule has 2 atom stereocenters. The van der Waals surface area contributed by atoms with Crippen LogP contribution < -0.4 is 4.74 Å². The second-order valence-corrected chi connectivity index (χ2v) is 5.35. The third kappa shape index (κ3) is 5.53. The first-order valence-electron chi connectivity index (χ1n) is 7.70. The quantitative estimate of drug-likeness (QED) is 0.606. The summed E-state index contributed by atoms with van der Waals surface area (Å²) in [5.74, 6) is 0.805. The highest BCUT2D eigenvalue weighted by Crippen LogP contribution is 2.21. The van der Waals surface area contributed by atoms with Crippen LogP contribution in [0.25, 0.3) is 0 Å². The Morgan fingerprint density at radius 3 is 2.91 bits per heavy atom. The molecule has 124 valence electrons. The minimum absolute atomic E-state index is 0.265. The summed E-state index contributed by atoms with van der Waals surface area (Å²) in [6.07, 6.45) is 4.73. The van der Waals surface area contributed by atoms with E-state index in [1.165, 1.54) is 0 Å². The second-order valence-electron chi connectivity index (χ2n) is 5.35. The predicted octanol–water partition coefficient (Wildman–Crippen LogP) is 1.21. The van der Waals surface area contributed by atoms with Gasteiger partial charge in [0.05, 0.1) is 32.1 Å². The zero-order valence-electron chi connectivity index (χ0n) is 13.4. The molecular weight excluding hydrogens is 284 g/mol. The number of aromatic nitrogens is 1. The van der Waals surface area contributed by atoms with Gasteiger partial charge in [0.1, 0.15) is 12.4 Å². The largest absolute Gasteiger partial charge is 0.490 e. The summed E-state index contributed by atoms with van der Waals surface area (Å²) in [5, 5.41) is 0. The first kappa shape index (κ1) is 17.1. The SMILES string of the molecule is COCCOCCN1C[C@H](OC)C[C@@H]1COc1cccnc1. The molecule has 0 radical (unpaired) electrons. The van der Waals surface area contributed by atoms with Gasteiger partial charge in [-0.1, -0.05) is 0 Å². The van der Waals surface area contributed by atoms with Crippen LogP contribution in [0.2, 0.25) is 0 Å². The van der Waals surface area contributed by atoms with Crippen LogP contribution in [0, 0.1) is 0 Å². The molecule has 6 heteroatoms. The van der Waals surface area contributed by atoms with Gasteiger partial charge in [-0.15, -0.1) is 0 Å². The van der Waals surface area contributed by atoms with Crippen LogP contribution in [0.3, 0.4) is 0 Å². The Morgan fingerprint density at radius 1 is 1.27 bits per heavy atom. The van der Waals surface area contributed by atoms with Crippen LogP contribution in [-0.2, 0) is 14.2 Å². The average Bonchev–Trinajstić information content (AvgIpc) is 2.96. The molecule has 0 bridgehead atoms. The summed E-state index contributed by atoms with van der Waals surface area (Å²) < 4.78 is 21.9. The molecule has 1 fully saturated rings. The molecule has 2 heterocycles. The number of methoxy groups -OCH3 is 2. The normalized spacial score (nSPS) is 22.1. The Balaban J connectivity index is 1.75. The van der Waals surface area contributed by atoms with E-state index in [4.69, 9.17) is 18.9 Å². The fourth-order valence-electron chi connectivity index (χ4n) is 2.61. The number of likely N-dealkylation sites (tertiary alicyclic amines) is 1. The van der Waals surface area contributed by atoms with Crippen LogP contribution in [0.4, 0.5) is 0 Å². The summed E-state index contributed by atoms with van der Waals surface area (Å²) in [6, 6.07) is 4.15. The van der Waals surface area contributed by atoms with Gasteiger partial charge in [0, 0.05) is 39.5 Å². The summed E-state index contributed by atoms with van der Waals surface area (Å²) in [6.45, 7) is 4.41. The van der Waals surface area contributed by atoms with Crippen molar-refractivity contribution in [2.75, 3.05) is 53.7 Å². The molecule has 1 aromatic heterocycles. The van der Waals surface area contributed by atoms with Gasteiger partial charge in [-0.25, -0.2) is 0 Å². The van der Waals surface area contributed by atoms with E-state index in [0.29, 0.717) is 32.5 Å². The van der Waals surface area contributed by atoms with E-state index in [-0.39, 0.29) is 6.10 Å². The van der Waals surface area contributed by atoms with E-state index in [0.717, 1.165) is 25.3 Å². The molecule has 0 aliphatic carbocycles. The Hall–Kier alpha value is -1.21. The molecular formula is C16H26N2O4. The minimum atomic E-state index is 0.265. The van der Waals surface area contributed by atoms with Crippen molar-refractivity contribution in [2.24, 2.45) is 0 Å². The van der Waals surface area contributed by atoms with Gasteiger partial charge >= 0.3 is 0 Å². The number of rotatable bonds is 10. The number of hydrogen-bond acceptors (Lipinski definition) is 6. The lowest BCUT2D eigenvalue weighted by atomic mass is 10.2. The Morgan fingerprint density at radius 2 is 2.18 bits per heavy atom. The first-order chi connectivity index (χ1) is 10.8. The monoisotopic (exact) mass is 310 g/mol. The standard InChI is InChI=1S/C16H26N2O4/c1-19-8-9-21-7-6-18-12-16(20-2)10-14(18)13-22-15-4-3-5-17-11-15/h3-5,11,14,16H,6-10,12-13H2,1-2H3/t14-,16-/m1/s1.